The number of thioether (sulfide) groups is 1. The summed E-state index contributed by atoms with van der Waals surface area (Å²) in [5.74, 6) is 1.55. The SMILES string of the molecule is CNN(C(=O)Cc1ccc(SC)cc1)[C@H](CN1CCC(C)C1)c1cccc(OCc2ccccc2)c1. The Morgan fingerprint density at radius 1 is 1.08 bits per heavy atom. The van der Waals surface area contributed by atoms with E-state index in [1.807, 2.05) is 54.5 Å². The smallest absolute Gasteiger partial charge is 0.241 e. The molecule has 5 nitrogen and oxygen atoms in total. The van der Waals surface area contributed by atoms with E-state index in [-0.39, 0.29) is 11.9 Å². The molecule has 6 heteroatoms. The quantitative estimate of drug-likeness (QED) is 0.274. The van der Waals surface area contributed by atoms with Crippen LogP contribution in [-0.4, -0.2) is 48.8 Å². The summed E-state index contributed by atoms with van der Waals surface area (Å²) in [4.78, 5) is 17.2. The largest absolute Gasteiger partial charge is 0.489 e. The maximum absolute atomic E-state index is 13.6. The molecule has 3 aromatic rings. The minimum absolute atomic E-state index is 0.0576. The molecule has 0 aromatic heterocycles. The normalized spacial score (nSPS) is 16.6. The third-order valence-electron chi connectivity index (χ3n) is 6.77. The Morgan fingerprint density at radius 3 is 2.53 bits per heavy atom. The number of hydrogen-bond acceptors (Lipinski definition) is 5. The van der Waals surface area contributed by atoms with Crippen molar-refractivity contribution >= 4 is 17.7 Å². The summed E-state index contributed by atoms with van der Waals surface area (Å²) in [6.45, 7) is 5.71. The Hall–Kier alpha value is -2.80. The predicted octanol–water partition coefficient (Wildman–Crippen LogP) is 5.58. The molecule has 1 aliphatic rings. The maximum Gasteiger partial charge on any atom is 0.241 e. The van der Waals surface area contributed by atoms with Crippen LogP contribution in [0.3, 0.4) is 0 Å². The van der Waals surface area contributed by atoms with Crippen molar-refractivity contribution in [2.24, 2.45) is 5.92 Å². The molecular formula is C30H37N3O2S. The van der Waals surface area contributed by atoms with E-state index in [1.165, 1.54) is 11.3 Å². The summed E-state index contributed by atoms with van der Waals surface area (Å²) >= 11 is 1.71. The number of carbonyl (C=O) groups is 1. The first-order valence-electron chi connectivity index (χ1n) is 12.7. The van der Waals surface area contributed by atoms with Crippen LogP contribution in [0.25, 0.3) is 0 Å². The Kier molecular flexibility index (Phi) is 9.45. The molecule has 36 heavy (non-hydrogen) atoms. The van der Waals surface area contributed by atoms with Crippen LogP contribution in [0.4, 0.5) is 0 Å². The second-order valence-electron chi connectivity index (χ2n) is 9.53. The minimum Gasteiger partial charge on any atom is -0.489 e. The molecule has 0 bridgehead atoms. The van der Waals surface area contributed by atoms with Crippen molar-refractivity contribution < 1.29 is 9.53 Å². The minimum atomic E-state index is -0.126. The van der Waals surface area contributed by atoms with Crippen molar-refractivity contribution in [3.63, 3.8) is 0 Å². The molecule has 1 saturated heterocycles. The van der Waals surface area contributed by atoms with Crippen LogP contribution < -0.4 is 10.2 Å². The van der Waals surface area contributed by atoms with E-state index in [2.05, 4.69) is 59.9 Å². The highest BCUT2D eigenvalue weighted by atomic mass is 32.2. The van der Waals surface area contributed by atoms with E-state index in [1.54, 1.807) is 11.8 Å². The third kappa shape index (κ3) is 7.12. The lowest BCUT2D eigenvalue weighted by Gasteiger charge is -2.34. The van der Waals surface area contributed by atoms with E-state index in [0.29, 0.717) is 18.9 Å². The van der Waals surface area contributed by atoms with E-state index in [0.717, 1.165) is 42.1 Å². The summed E-state index contributed by atoms with van der Waals surface area (Å²) in [6.07, 6.45) is 3.61. The Bertz CT molecular complexity index is 1110. The van der Waals surface area contributed by atoms with E-state index in [9.17, 15) is 4.79 Å². The van der Waals surface area contributed by atoms with Crippen molar-refractivity contribution in [3.05, 3.63) is 95.6 Å². The summed E-state index contributed by atoms with van der Waals surface area (Å²) in [6, 6.07) is 26.5. The first-order valence-corrected chi connectivity index (χ1v) is 13.9. The van der Waals surface area contributed by atoms with Gasteiger partial charge < -0.3 is 9.64 Å². The number of hydrazine groups is 1. The molecule has 1 amide bonds. The number of amides is 1. The summed E-state index contributed by atoms with van der Waals surface area (Å²) in [5, 5.41) is 1.81. The van der Waals surface area contributed by atoms with E-state index >= 15 is 0 Å². The van der Waals surface area contributed by atoms with E-state index < -0.39 is 0 Å². The fourth-order valence-electron chi connectivity index (χ4n) is 4.78. The molecule has 0 radical (unpaired) electrons. The van der Waals surface area contributed by atoms with Crippen LogP contribution >= 0.6 is 11.8 Å². The second kappa shape index (κ2) is 12.9. The predicted molar refractivity (Wildman–Crippen MR) is 148 cm³/mol. The van der Waals surface area contributed by atoms with Crippen LogP contribution in [0.5, 0.6) is 5.75 Å². The Labute approximate surface area is 219 Å². The van der Waals surface area contributed by atoms with Gasteiger partial charge in [-0.25, -0.2) is 5.43 Å². The molecule has 1 aliphatic heterocycles. The highest BCUT2D eigenvalue weighted by molar-refractivity contribution is 7.98. The number of likely N-dealkylation sites (tertiary alicyclic amines) is 1. The molecule has 1 unspecified atom stereocenters. The fraction of sp³-hybridized carbons (Fsp3) is 0.367. The number of nitrogens with one attached hydrogen (secondary N) is 1. The first-order chi connectivity index (χ1) is 17.6. The lowest BCUT2D eigenvalue weighted by atomic mass is 10.0. The van der Waals surface area contributed by atoms with Gasteiger partial charge in [-0.05, 0) is 66.1 Å². The van der Waals surface area contributed by atoms with Crippen LogP contribution in [0.1, 0.15) is 36.1 Å². The third-order valence-corrected chi connectivity index (χ3v) is 7.51. The maximum atomic E-state index is 13.6. The van der Waals surface area contributed by atoms with Crippen molar-refractivity contribution in [1.29, 1.82) is 0 Å². The standard InChI is InChI=1S/C30H37N3O2S/c1-23-16-17-32(20-23)21-29(33(31-2)30(34)18-24-12-14-28(36-3)15-13-24)26-10-7-11-27(19-26)35-22-25-8-5-4-6-9-25/h4-15,19,23,29,31H,16-18,20-22H2,1-3H3/t23?,29-/m1/s1. The number of carbonyl (C=O) groups excluding carboxylic acids is 1. The zero-order chi connectivity index (χ0) is 25.3. The molecule has 190 valence electrons. The molecule has 4 rings (SSSR count). The van der Waals surface area contributed by atoms with Gasteiger partial charge in [0.2, 0.25) is 5.91 Å². The molecule has 2 atom stereocenters. The van der Waals surface area contributed by atoms with Gasteiger partial charge in [0.25, 0.3) is 0 Å². The van der Waals surface area contributed by atoms with Crippen LogP contribution in [0.15, 0.2) is 83.8 Å². The zero-order valence-electron chi connectivity index (χ0n) is 21.5. The fourth-order valence-corrected chi connectivity index (χ4v) is 5.19. The number of ether oxygens (including phenoxy) is 1. The van der Waals surface area contributed by atoms with Gasteiger partial charge in [0.05, 0.1) is 12.5 Å². The highest BCUT2D eigenvalue weighted by Gasteiger charge is 2.29. The van der Waals surface area contributed by atoms with Gasteiger partial charge in [-0.1, -0.05) is 61.5 Å². The molecular weight excluding hydrogens is 466 g/mol. The van der Waals surface area contributed by atoms with Gasteiger partial charge in [0.1, 0.15) is 12.4 Å². The number of hydrogen-bond donors (Lipinski definition) is 1. The van der Waals surface area contributed by atoms with Crippen LogP contribution in [-0.2, 0) is 17.8 Å². The van der Waals surface area contributed by atoms with Crippen molar-refractivity contribution in [3.8, 4) is 5.75 Å². The second-order valence-corrected chi connectivity index (χ2v) is 10.4. The first kappa shape index (κ1) is 26.3. The van der Waals surface area contributed by atoms with Gasteiger partial charge >= 0.3 is 0 Å². The molecule has 1 fully saturated rings. The average Bonchev–Trinajstić information content (AvgIpc) is 3.33. The number of rotatable bonds is 11. The summed E-state index contributed by atoms with van der Waals surface area (Å²) in [7, 11) is 1.84. The topological polar surface area (TPSA) is 44.8 Å². The monoisotopic (exact) mass is 503 g/mol. The average molecular weight is 504 g/mol. The number of nitrogens with zero attached hydrogens (tertiary/aromatic N) is 2. The molecule has 3 aromatic carbocycles. The zero-order valence-corrected chi connectivity index (χ0v) is 22.3. The number of benzene rings is 3. The molecule has 1 heterocycles. The molecule has 0 spiro atoms. The molecule has 0 saturated carbocycles. The van der Waals surface area contributed by atoms with Gasteiger partial charge in [-0.15, -0.1) is 11.8 Å². The lowest BCUT2D eigenvalue weighted by Crippen LogP contribution is -2.47. The lowest BCUT2D eigenvalue weighted by molar-refractivity contribution is -0.136. The van der Waals surface area contributed by atoms with Crippen LogP contribution in [0, 0.1) is 5.92 Å². The Balaban J connectivity index is 1.54. The van der Waals surface area contributed by atoms with E-state index in [4.69, 9.17) is 4.74 Å². The van der Waals surface area contributed by atoms with Gasteiger partial charge in [0.15, 0.2) is 0 Å². The summed E-state index contributed by atoms with van der Waals surface area (Å²) in [5.41, 5.74) is 6.44. The van der Waals surface area contributed by atoms with Gasteiger partial charge in [-0.2, -0.15) is 0 Å². The van der Waals surface area contributed by atoms with Crippen molar-refractivity contribution in [2.75, 3.05) is 32.9 Å². The van der Waals surface area contributed by atoms with Gasteiger partial charge in [0, 0.05) is 25.0 Å². The van der Waals surface area contributed by atoms with Crippen molar-refractivity contribution in [1.82, 2.24) is 15.3 Å². The highest BCUT2D eigenvalue weighted by Crippen LogP contribution is 2.28. The Morgan fingerprint density at radius 2 is 1.86 bits per heavy atom. The van der Waals surface area contributed by atoms with Gasteiger partial charge in [-0.3, -0.25) is 9.80 Å². The van der Waals surface area contributed by atoms with Crippen LogP contribution in [0.2, 0.25) is 0 Å². The molecule has 0 aliphatic carbocycles. The summed E-state index contributed by atoms with van der Waals surface area (Å²) < 4.78 is 6.12. The molecule has 1 N–H and O–H groups in total. The van der Waals surface area contributed by atoms with Crippen molar-refractivity contribution in [2.45, 2.75) is 37.3 Å².